The molecule has 0 aliphatic carbocycles. The van der Waals surface area contributed by atoms with Crippen LogP contribution in [0.5, 0.6) is 0 Å². The SMILES string of the molecule is CN(C)CCSSCCN.Cl.Cl. The third kappa shape index (κ3) is 17.3. The molecule has 0 aromatic heterocycles. The van der Waals surface area contributed by atoms with Gasteiger partial charge < -0.3 is 10.6 Å². The lowest BCUT2D eigenvalue weighted by Gasteiger charge is -2.07. The first-order chi connectivity index (χ1) is 4.77. The van der Waals surface area contributed by atoms with Crippen LogP contribution in [0.15, 0.2) is 0 Å². The molecule has 0 saturated carbocycles. The Balaban J connectivity index is -0.000000405. The second kappa shape index (κ2) is 14.7. The van der Waals surface area contributed by atoms with Gasteiger partial charge >= 0.3 is 0 Å². The van der Waals surface area contributed by atoms with E-state index in [2.05, 4.69) is 19.0 Å². The van der Waals surface area contributed by atoms with Crippen molar-refractivity contribution in [1.82, 2.24) is 4.90 Å². The van der Waals surface area contributed by atoms with E-state index in [-0.39, 0.29) is 24.8 Å². The van der Waals surface area contributed by atoms with Crippen LogP contribution in [-0.4, -0.2) is 43.6 Å². The quantitative estimate of drug-likeness (QED) is 0.576. The first-order valence-corrected chi connectivity index (χ1v) is 5.85. The average Bonchev–Trinajstić information content (AvgIpc) is 1.87. The van der Waals surface area contributed by atoms with Crippen molar-refractivity contribution in [2.75, 3.05) is 38.7 Å². The highest BCUT2D eigenvalue weighted by Gasteiger charge is 1.90. The lowest BCUT2D eigenvalue weighted by atomic mass is 10.7. The predicted octanol–water partition coefficient (Wildman–Crippen LogP) is 1.73. The van der Waals surface area contributed by atoms with Gasteiger partial charge in [-0.1, -0.05) is 21.6 Å². The van der Waals surface area contributed by atoms with Crippen molar-refractivity contribution >= 4 is 46.4 Å². The van der Waals surface area contributed by atoms with Gasteiger partial charge in [-0.15, -0.1) is 24.8 Å². The third-order valence-corrected chi connectivity index (χ3v) is 3.32. The van der Waals surface area contributed by atoms with Gasteiger partial charge in [0.2, 0.25) is 0 Å². The fraction of sp³-hybridized carbons (Fsp3) is 1.00. The molecule has 2 N–H and O–H groups in total. The van der Waals surface area contributed by atoms with Crippen molar-refractivity contribution < 1.29 is 0 Å². The number of halogens is 2. The highest BCUT2D eigenvalue weighted by Crippen LogP contribution is 2.19. The first kappa shape index (κ1) is 18.9. The van der Waals surface area contributed by atoms with Crippen LogP contribution in [0.2, 0.25) is 0 Å². The molecule has 0 fully saturated rings. The normalized spacial score (nSPS) is 9.00. The van der Waals surface area contributed by atoms with Gasteiger partial charge in [-0.2, -0.15) is 0 Å². The number of hydrogen-bond acceptors (Lipinski definition) is 4. The van der Waals surface area contributed by atoms with Gasteiger partial charge in [0, 0.05) is 24.6 Å². The number of nitrogens with zero attached hydrogens (tertiary/aromatic N) is 1. The summed E-state index contributed by atoms with van der Waals surface area (Å²) in [7, 11) is 7.94. The molecule has 0 aliphatic rings. The van der Waals surface area contributed by atoms with Gasteiger partial charge in [0.1, 0.15) is 0 Å². The van der Waals surface area contributed by atoms with Crippen LogP contribution in [0, 0.1) is 0 Å². The Kier molecular flexibility index (Phi) is 23.1. The van der Waals surface area contributed by atoms with Gasteiger partial charge in [0.25, 0.3) is 0 Å². The molecule has 0 spiro atoms. The molecule has 0 atom stereocenters. The molecule has 12 heavy (non-hydrogen) atoms. The van der Waals surface area contributed by atoms with E-state index in [4.69, 9.17) is 5.73 Å². The maximum Gasteiger partial charge on any atom is 0.0165 e. The molecular formula is C6H18Cl2N2S2. The Morgan fingerprint density at radius 3 is 2.00 bits per heavy atom. The van der Waals surface area contributed by atoms with E-state index < -0.39 is 0 Å². The summed E-state index contributed by atoms with van der Waals surface area (Å²) in [6, 6.07) is 0. The zero-order valence-corrected chi connectivity index (χ0v) is 10.8. The van der Waals surface area contributed by atoms with Crippen LogP contribution in [0.25, 0.3) is 0 Å². The number of hydrogen-bond donors (Lipinski definition) is 1. The second-order valence-electron chi connectivity index (χ2n) is 2.24. The Morgan fingerprint density at radius 2 is 1.58 bits per heavy atom. The van der Waals surface area contributed by atoms with E-state index in [1.807, 2.05) is 21.6 Å². The molecule has 0 heterocycles. The smallest absolute Gasteiger partial charge is 0.0165 e. The highest BCUT2D eigenvalue weighted by atomic mass is 35.5. The predicted molar refractivity (Wildman–Crippen MR) is 67.0 cm³/mol. The average molecular weight is 253 g/mol. The fourth-order valence-corrected chi connectivity index (χ4v) is 2.38. The largest absolute Gasteiger partial charge is 0.330 e. The van der Waals surface area contributed by atoms with Crippen LogP contribution in [-0.2, 0) is 0 Å². The van der Waals surface area contributed by atoms with E-state index in [1.54, 1.807) is 0 Å². The van der Waals surface area contributed by atoms with Gasteiger partial charge in [-0.3, -0.25) is 0 Å². The second-order valence-corrected chi connectivity index (χ2v) is 4.94. The first-order valence-electron chi connectivity index (χ1n) is 3.36. The van der Waals surface area contributed by atoms with Crippen LogP contribution >= 0.6 is 46.4 Å². The molecular weight excluding hydrogens is 235 g/mol. The standard InChI is InChI=1S/C6H16N2S2.2ClH/c1-8(2)4-6-10-9-5-3-7;;/h3-7H2,1-2H3;2*1H. The van der Waals surface area contributed by atoms with E-state index in [0.717, 1.165) is 18.8 Å². The molecule has 0 aromatic rings. The van der Waals surface area contributed by atoms with E-state index >= 15 is 0 Å². The molecule has 0 aliphatic heterocycles. The summed E-state index contributed by atoms with van der Waals surface area (Å²) in [5, 5.41) is 0. The molecule has 0 rings (SSSR count). The fourth-order valence-electron chi connectivity index (χ4n) is 0.386. The summed E-state index contributed by atoms with van der Waals surface area (Å²) in [6.07, 6.45) is 0. The molecule has 6 heteroatoms. The molecule has 0 aromatic carbocycles. The highest BCUT2D eigenvalue weighted by molar-refractivity contribution is 8.76. The molecule has 0 amide bonds. The Labute approximate surface area is 95.6 Å². The van der Waals surface area contributed by atoms with Crippen molar-refractivity contribution in [3.63, 3.8) is 0 Å². The zero-order valence-electron chi connectivity index (χ0n) is 7.49. The summed E-state index contributed by atoms with van der Waals surface area (Å²) in [4.78, 5) is 2.19. The Morgan fingerprint density at radius 1 is 1.08 bits per heavy atom. The van der Waals surface area contributed by atoms with Crippen molar-refractivity contribution in [3.8, 4) is 0 Å². The van der Waals surface area contributed by atoms with Crippen LogP contribution in [0.3, 0.4) is 0 Å². The summed E-state index contributed by atoms with van der Waals surface area (Å²) >= 11 is 0. The lowest BCUT2D eigenvalue weighted by molar-refractivity contribution is 0.438. The van der Waals surface area contributed by atoms with E-state index in [0.29, 0.717) is 0 Å². The monoisotopic (exact) mass is 252 g/mol. The maximum absolute atomic E-state index is 5.33. The molecule has 0 bridgehead atoms. The van der Waals surface area contributed by atoms with Gasteiger partial charge in [0.15, 0.2) is 0 Å². The maximum atomic E-state index is 5.33. The van der Waals surface area contributed by atoms with Crippen molar-refractivity contribution in [2.24, 2.45) is 5.73 Å². The lowest BCUT2D eigenvalue weighted by Crippen LogP contribution is -2.14. The van der Waals surface area contributed by atoms with Crippen LogP contribution < -0.4 is 5.73 Å². The molecule has 78 valence electrons. The molecule has 0 saturated heterocycles. The minimum atomic E-state index is 0. The summed E-state index contributed by atoms with van der Waals surface area (Å²) in [5.74, 6) is 2.26. The van der Waals surface area contributed by atoms with Gasteiger partial charge in [0.05, 0.1) is 0 Å². The minimum Gasteiger partial charge on any atom is -0.330 e. The van der Waals surface area contributed by atoms with Crippen molar-refractivity contribution in [1.29, 1.82) is 0 Å². The number of nitrogens with two attached hydrogens (primary N) is 1. The van der Waals surface area contributed by atoms with Gasteiger partial charge in [-0.05, 0) is 14.1 Å². The van der Waals surface area contributed by atoms with Gasteiger partial charge in [-0.25, -0.2) is 0 Å². The van der Waals surface area contributed by atoms with E-state index in [1.165, 1.54) is 5.75 Å². The van der Waals surface area contributed by atoms with Crippen LogP contribution in [0.1, 0.15) is 0 Å². The zero-order chi connectivity index (χ0) is 7.82. The summed E-state index contributed by atoms with van der Waals surface area (Å²) < 4.78 is 0. The summed E-state index contributed by atoms with van der Waals surface area (Å²) in [5.41, 5.74) is 5.33. The molecule has 0 unspecified atom stereocenters. The Hall–Kier alpha value is 1.20. The Bertz CT molecular complexity index is 76.6. The minimum absolute atomic E-state index is 0. The van der Waals surface area contributed by atoms with Crippen molar-refractivity contribution in [2.45, 2.75) is 0 Å². The van der Waals surface area contributed by atoms with Crippen LogP contribution in [0.4, 0.5) is 0 Å². The topological polar surface area (TPSA) is 29.3 Å². The third-order valence-electron chi connectivity index (χ3n) is 0.906. The molecule has 2 nitrogen and oxygen atoms in total. The van der Waals surface area contributed by atoms with Crippen molar-refractivity contribution in [3.05, 3.63) is 0 Å². The van der Waals surface area contributed by atoms with E-state index in [9.17, 15) is 0 Å². The summed E-state index contributed by atoms with van der Waals surface area (Å²) in [6.45, 7) is 1.95. The molecule has 0 radical (unpaired) electrons. The number of rotatable bonds is 6.